The molecule has 4 rings (SSSR count). The predicted octanol–water partition coefficient (Wildman–Crippen LogP) is 6.37. The van der Waals surface area contributed by atoms with Gasteiger partial charge in [-0.05, 0) is 0 Å². The Morgan fingerprint density at radius 1 is 0.613 bits per heavy atom. The zero-order valence-corrected chi connectivity index (χ0v) is 19.7. The van der Waals surface area contributed by atoms with E-state index >= 15 is 0 Å². The summed E-state index contributed by atoms with van der Waals surface area (Å²) in [5.41, 5.74) is 1.19. The first-order chi connectivity index (χ1) is 15.1. The number of hydrogen-bond acceptors (Lipinski definition) is 1. The van der Waals surface area contributed by atoms with Crippen LogP contribution in [-0.2, 0) is 6.16 Å². The molecule has 0 fully saturated rings. The minimum absolute atomic E-state index is 0.0787. The Balaban J connectivity index is 1.93. The van der Waals surface area contributed by atoms with Crippen molar-refractivity contribution in [1.29, 1.82) is 0 Å². The molecular weight excluding hydrogens is 470 g/mol. The summed E-state index contributed by atoms with van der Waals surface area (Å²) >= 11 is 4.46. The number of ether oxygens (including phenoxy) is 1. The van der Waals surface area contributed by atoms with Crippen molar-refractivity contribution in [2.45, 2.75) is 6.16 Å². The molecule has 0 amide bonds. The molecule has 31 heavy (non-hydrogen) atoms. The van der Waals surface area contributed by atoms with Gasteiger partial charge >= 0.3 is 192 Å². The average molecular weight is 495 g/mol. The molecule has 0 atom stereocenters. The van der Waals surface area contributed by atoms with Crippen LogP contribution in [0.25, 0.3) is 0 Å². The molecule has 0 aromatic heterocycles. The summed E-state index contributed by atoms with van der Waals surface area (Å²) in [4.78, 5) is 0. The molecule has 0 saturated heterocycles. The number of alkyl halides is 1. The van der Waals surface area contributed by atoms with Gasteiger partial charge in [-0.25, -0.2) is 0 Å². The third-order valence-electron chi connectivity index (χ3n) is 5.63. The molecule has 0 radical (unpaired) electrons. The van der Waals surface area contributed by atoms with Crippen molar-refractivity contribution < 1.29 is 9.13 Å². The van der Waals surface area contributed by atoms with Gasteiger partial charge < -0.3 is 0 Å². The van der Waals surface area contributed by atoms with Crippen LogP contribution in [0.2, 0.25) is 0 Å². The summed E-state index contributed by atoms with van der Waals surface area (Å²) in [6.07, 6.45) is 0.813. The maximum atomic E-state index is 12.5. The predicted molar refractivity (Wildman–Crippen MR) is 136 cm³/mol. The van der Waals surface area contributed by atoms with Crippen molar-refractivity contribution in [2.75, 3.05) is 13.3 Å². The normalized spacial score (nSPS) is 12.6. The Hall–Kier alpha value is -2.48. The monoisotopic (exact) mass is 494 g/mol. The molecule has 0 spiro atoms. The van der Waals surface area contributed by atoms with Crippen molar-refractivity contribution in [1.82, 2.24) is 0 Å². The second kappa shape index (κ2) is 9.34. The average Bonchev–Trinajstić information content (AvgIpc) is 2.85. The Labute approximate surface area is 191 Å². The van der Waals surface area contributed by atoms with Gasteiger partial charge in [-0.1, -0.05) is 0 Å². The van der Waals surface area contributed by atoms with Gasteiger partial charge in [-0.2, -0.15) is 0 Å². The Bertz CT molecular complexity index is 1000. The van der Waals surface area contributed by atoms with Gasteiger partial charge in [0.2, 0.25) is 0 Å². The molecule has 0 aliphatic heterocycles. The van der Waals surface area contributed by atoms with E-state index in [9.17, 15) is 4.39 Å². The first kappa shape index (κ1) is 21.7. The maximum absolute atomic E-state index is 12.5. The van der Waals surface area contributed by atoms with E-state index in [1.165, 1.54) is 21.5 Å². The first-order valence-corrected chi connectivity index (χ1v) is 14.8. The summed E-state index contributed by atoms with van der Waals surface area (Å²) in [6.45, 7) is -0.412. The molecular formula is C27H25BrFOP. The van der Waals surface area contributed by atoms with Crippen LogP contribution < -0.4 is 20.7 Å². The number of hydrogen-bond donors (Lipinski definition) is 0. The van der Waals surface area contributed by atoms with Gasteiger partial charge in [0.25, 0.3) is 0 Å². The summed E-state index contributed by atoms with van der Waals surface area (Å²) in [5, 5.41) is 0.831. The van der Waals surface area contributed by atoms with Crippen molar-refractivity contribution in [3.8, 4) is 5.75 Å². The molecule has 4 aromatic carbocycles. The SMILES string of the molecule is FCCOc1ccc(CP(Br)(c2ccccc2)(c2ccccc2)c2ccccc2)cc1. The molecule has 0 bridgehead atoms. The molecule has 0 heterocycles. The number of benzene rings is 4. The van der Waals surface area contributed by atoms with Crippen molar-refractivity contribution in [2.24, 2.45) is 0 Å². The number of halogens is 2. The summed E-state index contributed by atoms with van der Waals surface area (Å²) in [7, 11) is 0. The Morgan fingerprint density at radius 2 is 1.03 bits per heavy atom. The summed E-state index contributed by atoms with van der Waals surface area (Å²) in [5.74, 6) is 0.690. The molecule has 0 unspecified atom stereocenters. The van der Waals surface area contributed by atoms with Crippen LogP contribution in [0.15, 0.2) is 115 Å². The Kier molecular flexibility index (Phi) is 6.55. The van der Waals surface area contributed by atoms with Crippen LogP contribution in [0.3, 0.4) is 0 Å². The van der Waals surface area contributed by atoms with Crippen LogP contribution in [0.5, 0.6) is 5.75 Å². The van der Waals surface area contributed by atoms with E-state index in [4.69, 9.17) is 4.74 Å². The van der Waals surface area contributed by atoms with E-state index in [0.717, 1.165) is 6.16 Å². The van der Waals surface area contributed by atoms with Gasteiger partial charge in [0.1, 0.15) is 0 Å². The Morgan fingerprint density at radius 3 is 1.42 bits per heavy atom. The fourth-order valence-corrected chi connectivity index (χ4v) is 11.8. The summed E-state index contributed by atoms with van der Waals surface area (Å²) in [6, 6.07) is 40.2. The first-order valence-electron chi connectivity index (χ1n) is 10.3. The quantitative estimate of drug-likeness (QED) is 0.258. The fourth-order valence-electron chi connectivity index (χ4n) is 4.13. The third kappa shape index (κ3) is 4.18. The molecule has 158 valence electrons. The minimum atomic E-state index is -3.01. The zero-order valence-electron chi connectivity index (χ0n) is 17.2. The van der Waals surface area contributed by atoms with Crippen LogP contribution >= 0.6 is 20.8 Å². The molecule has 1 nitrogen and oxygen atoms in total. The van der Waals surface area contributed by atoms with E-state index in [2.05, 4.69) is 119 Å². The van der Waals surface area contributed by atoms with Gasteiger partial charge in [-0.15, -0.1) is 0 Å². The third-order valence-corrected chi connectivity index (χ3v) is 15.2. The van der Waals surface area contributed by atoms with Crippen molar-refractivity contribution >= 4 is 36.7 Å². The standard InChI is InChI=1S/C27H25BrFOP/c28-31(25-10-4-1-5-11-25,26-12-6-2-7-13-26,27-14-8-3-9-15-27)22-23-16-18-24(19-17-23)30-21-20-29/h1-19H,20-22H2. The van der Waals surface area contributed by atoms with E-state index in [0.29, 0.717) is 5.75 Å². The zero-order chi connectivity index (χ0) is 21.6. The van der Waals surface area contributed by atoms with Crippen LogP contribution in [0.4, 0.5) is 4.39 Å². The summed E-state index contributed by atoms with van der Waals surface area (Å²) < 4.78 is 17.9. The van der Waals surface area contributed by atoms with E-state index in [-0.39, 0.29) is 6.61 Å². The van der Waals surface area contributed by atoms with E-state index in [1.807, 2.05) is 12.1 Å². The van der Waals surface area contributed by atoms with Crippen molar-refractivity contribution in [3.63, 3.8) is 0 Å². The topological polar surface area (TPSA) is 9.23 Å². The fraction of sp³-hybridized carbons (Fsp3) is 0.111. The van der Waals surface area contributed by atoms with Crippen LogP contribution in [0.1, 0.15) is 5.56 Å². The second-order valence-electron chi connectivity index (χ2n) is 7.53. The molecule has 4 aromatic rings. The van der Waals surface area contributed by atoms with E-state index < -0.39 is 12.0 Å². The van der Waals surface area contributed by atoms with Gasteiger partial charge in [0.05, 0.1) is 0 Å². The van der Waals surface area contributed by atoms with Gasteiger partial charge in [-0.3, -0.25) is 0 Å². The second-order valence-corrected chi connectivity index (χ2v) is 16.5. The van der Waals surface area contributed by atoms with E-state index in [1.54, 1.807) is 0 Å². The molecule has 0 aliphatic rings. The van der Waals surface area contributed by atoms with Crippen molar-refractivity contribution in [3.05, 3.63) is 121 Å². The van der Waals surface area contributed by atoms with Crippen LogP contribution in [0, 0.1) is 0 Å². The van der Waals surface area contributed by atoms with Gasteiger partial charge in [0.15, 0.2) is 0 Å². The molecule has 4 heteroatoms. The molecule has 0 saturated carbocycles. The molecule has 0 N–H and O–H groups in total. The van der Waals surface area contributed by atoms with Gasteiger partial charge in [0, 0.05) is 0 Å². The number of rotatable bonds is 8. The molecule has 0 aliphatic carbocycles. The van der Waals surface area contributed by atoms with Crippen LogP contribution in [-0.4, -0.2) is 13.3 Å².